The Balaban J connectivity index is 1.89. The van der Waals surface area contributed by atoms with E-state index in [1.165, 1.54) is 23.1 Å². The van der Waals surface area contributed by atoms with Crippen molar-refractivity contribution in [1.29, 1.82) is 0 Å². The second kappa shape index (κ2) is 9.43. The molecule has 10 heteroatoms. The van der Waals surface area contributed by atoms with E-state index in [9.17, 15) is 4.79 Å². The van der Waals surface area contributed by atoms with Crippen LogP contribution in [0.25, 0.3) is 0 Å². The summed E-state index contributed by atoms with van der Waals surface area (Å²) in [7, 11) is 1.64. The summed E-state index contributed by atoms with van der Waals surface area (Å²) in [6.45, 7) is 3.04. The molecule has 1 heterocycles. The normalized spacial score (nSPS) is 12.0. The standard InChI is InChI=1S/C14H16Cl2N4O2S2/c1-8(12(21)18-11-6-9(15)5-10(16)7-11)23-14-20-19-13(24-14)17-3-4-22-2/h5-8H,3-4H2,1-2H3,(H,17,19)(H,18,21). The molecule has 24 heavy (non-hydrogen) atoms. The van der Waals surface area contributed by atoms with Crippen molar-refractivity contribution >= 4 is 63.0 Å². The highest BCUT2D eigenvalue weighted by molar-refractivity contribution is 8.02. The Morgan fingerprint density at radius 3 is 2.71 bits per heavy atom. The molecule has 0 bridgehead atoms. The second-order valence-corrected chi connectivity index (χ2v) is 8.14. The highest BCUT2D eigenvalue weighted by atomic mass is 35.5. The van der Waals surface area contributed by atoms with Crippen LogP contribution in [-0.2, 0) is 9.53 Å². The van der Waals surface area contributed by atoms with Crippen LogP contribution in [0.15, 0.2) is 22.5 Å². The van der Waals surface area contributed by atoms with Gasteiger partial charge in [0, 0.05) is 29.4 Å². The molecule has 0 fully saturated rings. The molecule has 0 aliphatic carbocycles. The van der Waals surface area contributed by atoms with Crippen LogP contribution in [0.5, 0.6) is 0 Å². The molecular formula is C14H16Cl2N4O2S2. The molecule has 2 N–H and O–H groups in total. The van der Waals surface area contributed by atoms with E-state index in [-0.39, 0.29) is 11.2 Å². The Bertz CT molecular complexity index is 679. The van der Waals surface area contributed by atoms with Gasteiger partial charge in [0.15, 0.2) is 4.34 Å². The first-order chi connectivity index (χ1) is 11.5. The fraction of sp³-hybridized carbons (Fsp3) is 0.357. The third kappa shape index (κ3) is 6.10. The number of methoxy groups -OCH3 is 1. The van der Waals surface area contributed by atoms with E-state index in [1.807, 2.05) is 0 Å². The molecule has 1 atom stereocenters. The number of hydrogen-bond acceptors (Lipinski definition) is 7. The molecule has 1 amide bonds. The summed E-state index contributed by atoms with van der Waals surface area (Å²) in [6.07, 6.45) is 0. The van der Waals surface area contributed by atoms with Crippen molar-refractivity contribution in [3.63, 3.8) is 0 Å². The number of hydrogen-bond donors (Lipinski definition) is 2. The maximum absolute atomic E-state index is 12.3. The Morgan fingerprint density at radius 2 is 2.04 bits per heavy atom. The first kappa shape index (κ1) is 19.3. The molecule has 0 spiro atoms. The average Bonchev–Trinajstić information content (AvgIpc) is 2.93. The number of anilines is 2. The lowest BCUT2D eigenvalue weighted by molar-refractivity contribution is -0.115. The molecule has 130 valence electrons. The van der Waals surface area contributed by atoms with E-state index in [4.69, 9.17) is 27.9 Å². The summed E-state index contributed by atoms with van der Waals surface area (Å²) in [4.78, 5) is 12.3. The molecule has 1 aromatic heterocycles. The fourth-order valence-corrected chi connectivity index (χ4v) is 4.11. The zero-order valence-corrected chi connectivity index (χ0v) is 16.2. The monoisotopic (exact) mass is 406 g/mol. The van der Waals surface area contributed by atoms with Crippen LogP contribution in [0, 0.1) is 0 Å². The predicted molar refractivity (Wildman–Crippen MR) is 101 cm³/mol. The van der Waals surface area contributed by atoms with Gasteiger partial charge in [-0.25, -0.2) is 0 Å². The van der Waals surface area contributed by atoms with E-state index in [0.717, 1.165) is 0 Å². The number of carbonyl (C=O) groups is 1. The summed E-state index contributed by atoms with van der Waals surface area (Å²) in [5.74, 6) is -0.164. The lowest BCUT2D eigenvalue weighted by atomic mass is 10.3. The number of benzene rings is 1. The van der Waals surface area contributed by atoms with Crippen molar-refractivity contribution in [2.75, 3.05) is 30.9 Å². The Labute approximate surface area is 158 Å². The molecule has 0 saturated heterocycles. The van der Waals surface area contributed by atoms with Crippen LogP contribution in [0.2, 0.25) is 10.0 Å². The number of aromatic nitrogens is 2. The molecule has 0 saturated carbocycles. The minimum atomic E-state index is -0.345. The van der Waals surface area contributed by atoms with Crippen LogP contribution in [0.4, 0.5) is 10.8 Å². The van der Waals surface area contributed by atoms with Gasteiger partial charge in [-0.2, -0.15) is 0 Å². The zero-order valence-electron chi connectivity index (χ0n) is 13.0. The topological polar surface area (TPSA) is 76.1 Å². The summed E-state index contributed by atoms with van der Waals surface area (Å²) >= 11 is 14.6. The summed E-state index contributed by atoms with van der Waals surface area (Å²) < 4.78 is 5.67. The minimum Gasteiger partial charge on any atom is -0.383 e. The van der Waals surface area contributed by atoms with Crippen molar-refractivity contribution in [2.24, 2.45) is 0 Å². The Morgan fingerprint density at radius 1 is 1.33 bits per heavy atom. The van der Waals surface area contributed by atoms with E-state index >= 15 is 0 Å². The van der Waals surface area contributed by atoms with Crippen molar-refractivity contribution in [3.8, 4) is 0 Å². The molecule has 6 nitrogen and oxygen atoms in total. The predicted octanol–water partition coefficient (Wildman–Crippen LogP) is 4.02. The zero-order chi connectivity index (χ0) is 17.5. The molecule has 1 aromatic carbocycles. The van der Waals surface area contributed by atoms with Crippen LogP contribution in [0.3, 0.4) is 0 Å². The Kier molecular flexibility index (Phi) is 7.57. The van der Waals surface area contributed by atoms with Crippen LogP contribution >= 0.6 is 46.3 Å². The maximum atomic E-state index is 12.3. The fourth-order valence-electron chi connectivity index (χ4n) is 1.66. The molecule has 1 unspecified atom stereocenters. The van der Waals surface area contributed by atoms with Gasteiger partial charge in [0.05, 0.1) is 11.9 Å². The lowest BCUT2D eigenvalue weighted by Gasteiger charge is -2.10. The average molecular weight is 407 g/mol. The van der Waals surface area contributed by atoms with Crippen LogP contribution < -0.4 is 10.6 Å². The third-order valence-corrected chi connectivity index (χ3v) is 5.27. The van der Waals surface area contributed by atoms with Crippen LogP contribution in [0.1, 0.15) is 6.92 Å². The van der Waals surface area contributed by atoms with Gasteiger partial charge in [-0.3, -0.25) is 4.79 Å². The highest BCUT2D eigenvalue weighted by Crippen LogP contribution is 2.30. The highest BCUT2D eigenvalue weighted by Gasteiger charge is 2.17. The number of nitrogens with zero attached hydrogens (tertiary/aromatic N) is 2. The van der Waals surface area contributed by atoms with Gasteiger partial charge in [-0.15, -0.1) is 10.2 Å². The van der Waals surface area contributed by atoms with Gasteiger partial charge in [0.2, 0.25) is 11.0 Å². The smallest absolute Gasteiger partial charge is 0.237 e. The van der Waals surface area contributed by atoms with Gasteiger partial charge in [0.1, 0.15) is 0 Å². The third-order valence-electron chi connectivity index (χ3n) is 2.77. The first-order valence-electron chi connectivity index (χ1n) is 6.98. The minimum absolute atomic E-state index is 0.164. The molecule has 2 rings (SSSR count). The SMILES string of the molecule is COCCNc1nnc(SC(C)C(=O)Nc2cc(Cl)cc(Cl)c2)s1. The molecule has 2 aromatic rings. The second-order valence-electron chi connectivity index (χ2n) is 4.70. The van der Waals surface area contributed by atoms with E-state index in [1.54, 1.807) is 32.2 Å². The largest absolute Gasteiger partial charge is 0.383 e. The molecule has 0 radical (unpaired) electrons. The van der Waals surface area contributed by atoms with Gasteiger partial charge in [-0.05, 0) is 25.1 Å². The number of carbonyl (C=O) groups excluding carboxylic acids is 1. The van der Waals surface area contributed by atoms with Gasteiger partial charge in [-0.1, -0.05) is 46.3 Å². The van der Waals surface area contributed by atoms with E-state index < -0.39 is 0 Å². The van der Waals surface area contributed by atoms with Gasteiger partial charge in [0.25, 0.3) is 0 Å². The maximum Gasteiger partial charge on any atom is 0.237 e. The number of thioether (sulfide) groups is 1. The first-order valence-corrected chi connectivity index (χ1v) is 9.43. The Hall–Kier alpha value is -1.06. The van der Waals surface area contributed by atoms with Gasteiger partial charge >= 0.3 is 0 Å². The number of rotatable bonds is 8. The number of nitrogens with one attached hydrogen (secondary N) is 2. The molecule has 0 aliphatic heterocycles. The number of amides is 1. The summed E-state index contributed by atoms with van der Waals surface area (Å²) in [5, 5.41) is 15.3. The van der Waals surface area contributed by atoms with Gasteiger partial charge < -0.3 is 15.4 Å². The summed E-state index contributed by atoms with van der Waals surface area (Å²) in [6, 6.07) is 4.90. The quantitative estimate of drug-likeness (QED) is 0.509. The van der Waals surface area contributed by atoms with Crippen molar-refractivity contribution < 1.29 is 9.53 Å². The lowest BCUT2D eigenvalue weighted by Crippen LogP contribution is -2.22. The number of halogens is 2. The molecule has 0 aliphatic rings. The van der Waals surface area contributed by atoms with Crippen LogP contribution in [-0.4, -0.2) is 41.6 Å². The van der Waals surface area contributed by atoms with Crippen molar-refractivity contribution in [2.45, 2.75) is 16.5 Å². The summed E-state index contributed by atoms with van der Waals surface area (Å²) in [5.41, 5.74) is 0.559. The molecular weight excluding hydrogens is 391 g/mol. The van der Waals surface area contributed by atoms with E-state index in [2.05, 4.69) is 20.8 Å². The van der Waals surface area contributed by atoms with Crippen molar-refractivity contribution in [3.05, 3.63) is 28.2 Å². The van der Waals surface area contributed by atoms with E-state index in [0.29, 0.717) is 38.4 Å². The number of ether oxygens (including phenoxy) is 1. The van der Waals surface area contributed by atoms with Crippen molar-refractivity contribution in [1.82, 2.24) is 10.2 Å².